The number of fused-ring (bicyclic) bond motifs is 1. The Balaban J connectivity index is 2.14. The predicted molar refractivity (Wildman–Crippen MR) is 73.0 cm³/mol. The maximum atomic E-state index is 10.7. The lowest BCUT2D eigenvalue weighted by Gasteiger charge is -2.35. The van der Waals surface area contributed by atoms with Crippen LogP contribution in [0.15, 0.2) is 0 Å². The van der Waals surface area contributed by atoms with E-state index in [0.29, 0.717) is 11.3 Å². The molecule has 0 bridgehead atoms. The van der Waals surface area contributed by atoms with Crippen LogP contribution in [0.1, 0.15) is 49.2 Å². The van der Waals surface area contributed by atoms with Crippen molar-refractivity contribution < 1.29 is 9.90 Å². The summed E-state index contributed by atoms with van der Waals surface area (Å²) in [5.41, 5.74) is 1.52. The molecule has 0 fully saturated rings. The first kappa shape index (κ1) is 13.5. The standard InChI is InChI=1S/C14H21NO2S/c1-4-14(2,3)9-5-6-10-11(7-9)18-12(15-10)8-13(16)17/h9H,4-8H2,1-3H3,(H,16,17). The Kier molecular flexibility index (Phi) is 3.76. The second-order valence-corrected chi connectivity index (χ2v) is 7.00. The van der Waals surface area contributed by atoms with E-state index >= 15 is 0 Å². The summed E-state index contributed by atoms with van der Waals surface area (Å²) in [7, 11) is 0. The number of carboxylic acids is 1. The maximum Gasteiger partial charge on any atom is 0.310 e. The van der Waals surface area contributed by atoms with Gasteiger partial charge in [-0.2, -0.15) is 0 Å². The number of aryl methyl sites for hydroxylation is 1. The van der Waals surface area contributed by atoms with Gasteiger partial charge in [0.15, 0.2) is 0 Å². The Morgan fingerprint density at radius 3 is 2.89 bits per heavy atom. The van der Waals surface area contributed by atoms with Crippen molar-refractivity contribution in [1.29, 1.82) is 0 Å². The van der Waals surface area contributed by atoms with Crippen LogP contribution in [-0.2, 0) is 24.1 Å². The Labute approximate surface area is 112 Å². The molecule has 0 saturated carbocycles. The normalized spacial score (nSPS) is 19.6. The summed E-state index contributed by atoms with van der Waals surface area (Å²) in [6, 6.07) is 0. The highest BCUT2D eigenvalue weighted by atomic mass is 32.1. The average Bonchev–Trinajstić information content (AvgIpc) is 2.68. The van der Waals surface area contributed by atoms with Gasteiger partial charge in [-0.05, 0) is 30.6 Å². The highest BCUT2D eigenvalue weighted by Gasteiger charge is 2.32. The highest BCUT2D eigenvalue weighted by molar-refractivity contribution is 7.11. The largest absolute Gasteiger partial charge is 0.481 e. The number of aliphatic carboxylic acids is 1. The van der Waals surface area contributed by atoms with Crippen LogP contribution in [0.5, 0.6) is 0 Å². The van der Waals surface area contributed by atoms with Crippen LogP contribution >= 0.6 is 11.3 Å². The molecule has 1 N–H and O–H groups in total. The molecule has 1 aromatic heterocycles. The topological polar surface area (TPSA) is 50.2 Å². The minimum absolute atomic E-state index is 0.0690. The van der Waals surface area contributed by atoms with E-state index in [0.717, 1.165) is 23.5 Å². The Morgan fingerprint density at radius 2 is 2.28 bits per heavy atom. The smallest absolute Gasteiger partial charge is 0.310 e. The third kappa shape index (κ3) is 2.74. The third-order valence-electron chi connectivity index (χ3n) is 4.30. The molecule has 1 heterocycles. The van der Waals surface area contributed by atoms with Crippen LogP contribution in [0.2, 0.25) is 0 Å². The molecule has 1 aliphatic carbocycles. The molecule has 0 radical (unpaired) electrons. The van der Waals surface area contributed by atoms with Crippen LogP contribution in [0, 0.1) is 11.3 Å². The number of aromatic nitrogens is 1. The average molecular weight is 267 g/mol. The summed E-state index contributed by atoms with van der Waals surface area (Å²) in [6.07, 6.45) is 4.53. The van der Waals surface area contributed by atoms with Gasteiger partial charge >= 0.3 is 5.97 Å². The van der Waals surface area contributed by atoms with Gasteiger partial charge in [-0.3, -0.25) is 4.79 Å². The number of hydrogen-bond acceptors (Lipinski definition) is 3. The van der Waals surface area contributed by atoms with E-state index in [2.05, 4.69) is 25.8 Å². The summed E-state index contributed by atoms with van der Waals surface area (Å²) in [4.78, 5) is 16.5. The van der Waals surface area contributed by atoms with Gasteiger partial charge in [-0.1, -0.05) is 27.2 Å². The highest BCUT2D eigenvalue weighted by Crippen LogP contribution is 2.41. The summed E-state index contributed by atoms with van der Waals surface area (Å²) >= 11 is 1.60. The van der Waals surface area contributed by atoms with Crippen molar-refractivity contribution in [3.63, 3.8) is 0 Å². The summed E-state index contributed by atoms with van der Waals surface area (Å²) < 4.78 is 0. The fourth-order valence-electron chi connectivity index (χ4n) is 2.59. The van der Waals surface area contributed by atoms with Gasteiger partial charge < -0.3 is 5.11 Å². The quantitative estimate of drug-likeness (QED) is 0.910. The molecular formula is C14H21NO2S. The summed E-state index contributed by atoms with van der Waals surface area (Å²) in [5.74, 6) is -0.0836. The monoisotopic (exact) mass is 267 g/mol. The predicted octanol–water partition coefficient (Wildman–Crippen LogP) is 3.31. The molecule has 2 rings (SSSR count). The molecule has 4 heteroatoms. The van der Waals surface area contributed by atoms with Gasteiger partial charge in [0.2, 0.25) is 0 Å². The lowest BCUT2D eigenvalue weighted by molar-refractivity contribution is -0.136. The van der Waals surface area contributed by atoms with Crippen molar-refractivity contribution in [1.82, 2.24) is 4.98 Å². The minimum Gasteiger partial charge on any atom is -0.481 e. The fraction of sp³-hybridized carbons (Fsp3) is 0.714. The number of thiazole rings is 1. The molecule has 3 nitrogen and oxygen atoms in total. The van der Waals surface area contributed by atoms with Gasteiger partial charge in [0.05, 0.1) is 12.1 Å². The van der Waals surface area contributed by atoms with E-state index in [1.807, 2.05) is 0 Å². The minimum atomic E-state index is -0.786. The van der Waals surface area contributed by atoms with Crippen molar-refractivity contribution in [3.8, 4) is 0 Å². The molecule has 1 atom stereocenters. The molecule has 1 unspecified atom stereocenters. The van der Waals surface area contributed by atoms with E-state index in [4.69, 9.17) is 5.11 Å². The van der Waals surface area contributed by atoms with Gasteiger partial charge in [-0.25, -0.2) is 4.98 Å². The molecule has 18 heavy (non-hydrogen) atoms. The van der Waals surface area contributed by atoms with E-state index in [1.54, 1.807) is 11.3 Å². The van der Waals surface area contributed by atoms with Crippen molar-refractivity contribution in [3.05, 3.63) is 15.6 Å². The van der Waals surface area contributed by atoms with Crippen LogP contribution in [0.4, 0.5) is 0 Å². The first-order valence-electron chi connectivity index (χ1n) is 6.61. The summed E-state index contributed by atoms with van der Waals surface area (Å²) in [6.45, 7) is 6.92. The fourth-order valence-corrected chi connectivity index (χ4v) is 3.78. The Hall–Kier alpha value is -0.900. The van der Waals surface area contributed by atoms with Gasteiger partial charge in [0.25, 0.3) is 0 Å². The van der Waals surface area contributed by atoms with Crippen LogP contribution < -0.4 is 0 Å². The number of rotatable bonds is 4. The van der Waals surface area contributed by atoms with Gasteiger partial charge in [-0.15, -0.1) is 11.3 Å². The Morgan fingerprint density at radius 1 is 1.56 bits per heavy atom. The zero-order chi connectivity index (χ0) is 13.3. The Bertz CT molecular complexity index is 451. The molecule has 1 aliphatic rings. The van der Waals surface area contributed by atoms with Crippen molar-refractivity contribution in [2.24, 2.45) is 11.3 Å². The van der Waals surface area contributed by atoms with E-state index in [1.165, 1.54) is 17.7 Å². The van der Waals surface area contributed by atoms with Crippen molar-refractivity contribution >= 4 is 17.3 Å². The number of carbonyl (C=O) groups is 1. The lowest BCUT2D eigenvalue weighted by atomic mass is 9.70. The lowest BCUT2D eigenvalue weighted by Crippen LogP contribution is -2.28. The first-order valence-corrected chi connectivity index (χ1v) is 7.43. The van der Waals surface area contributed by atoms with E-state index < -0.39 is 5.97 Å². The van der Waals surface area contributed by atoms with Crippen LogP contribution in [0.25, 0.3) is 0 Å². The summed E-state index contributed by atoms with van der Waals surface area (Å²) in [5, 5.41) is 9.58. The van der Waals surface area contributed by atoms with E-state index in [9.17, 15) is 4.79 Å². The number of carboxylic acid groups (broad SMARTS) is 1. The first-order chi connectivity index (χ1) is 8.42. The molecule has 0 aromatic carbocycles. The molecule has 0 amide bonds. The van der Waals surface area contributed by atoms with Crippen molar-refractivity contribution in [2.45, 2.75) is 52.9 Å². The molecule has 0 spiro atoms. The molecule has 0 saturated heterocycles. The zero-order valence-electron chi connectivity index (χ0n) is 11.3. The molecule has 100 valence electrons. The number of hydrogen-bond donors (Lipinski definition) is 1. The molecule has 0 aliphatic heterocycles. The van der Waals surface area contributed by atoms with Gasteiger partial charge in [0.1, 0.15) is 5.01 Å². The van der Waals surface area contributed by atoms with Crippen LogP contribution in [-0.4, -0.2) is 16.1 Å². The van der Waals surface area contributed by atoms with E-state index in [-0.39, 0.29) is 6.42 Å². The van der Waals surface area contributed by atoms with Crippen LogP contribution in [0.3, 0.4) is 0 Å². The number of nitrogens with zero attached hydrogens (tertiary/aromatic N) is 1. The third-order valence-corrected chi connectivity index (χ3v) is 5.42. The SMILES string of the molecule is CCC(C)(C)C1CCc2nc(CC(=O)O)sc2C1. The molecular weight excluding hydrogens is 246 g/mol. The molecule has 1 aromatic rings. The second kappa shape index (κ2) is 5.00. The second-order valence-electron chi connectivity index (χ2n) is 5.83. The maximum absolute atomic E-state index is 10.7. The van der Waals surface area contributed by atoms with Gasteiger partial charge in [0, 0.05) is 4.88 Å². The zero-order valence-corrected chi connectivity index (χ0v) is 12.1. The van der Waals surface area contributed by atoms with Crippen molar-refractivity contribution in [2.75, 3.05) is 0 Å².